The minimum Gasteiger partial charge on any atom is -0.493 e. The van der Waals surface area contributed by atoms with Crippen LogP contribution in [0.5, 0.6) is 11.5 Å². The maximum atomic E-state index is 13.1. The van der Waals surface area contributed by atoms with Gasteiger partial charge in [-0.2, -0.15) is 0 Å². The maximum absolute atomic E-state index is 13.1. The molecule has 0 bridgehead atoms. The normalized spacial score (nSPS) is 16.8. The number of carbonyl (C=O) groups excluding carboxylic acids is 1. The average molecular weight is 353 g/mol. The van der Waals surface area contributed by atoms with Gasteiger partial charge in [-0.3, -0.25) is 4.79 Å². The lowest BCUT2D eigenvalue weighted by atomic mass is 10.0. The molecule has 0 spiro atoms. The van der Waals surface area contributed by atoms with Gasteiger partial charge in [0, 0.05) is 12.1 Å². The number of aryl methyl sites for hydroxylation is 1. The van der Waals surface area contributed by atoms with Crippen LogP contribution >= 0.6 is 0 Å². The minimum absolute atomic E-state index is 0.0440. The largest absolute Gasteiger partial charge is 0.493 e. The van der Waals surface area contributed by atoms with Gasteiger partial charge in [-0.15, -0.1) is 0 Å². The molecule has 0 radical (unpaired) electrons. The monoisotopic (exact) mass is 353 g/mol. The van der Waals surface area contributed by atoms with Crippen LogP contribution in [0, 0.1) is 6.92 Å². The summed E-state index contributed by atoms with van der Waals surface area (Å²) in [5.41, 5.74) is 3.07. The van der Waals surface area contributed by atoms with E-state index in [0.717, 1.165) is 19.4 Å². The molecule has 4 heteroatoms. The molecule has 4 nitrogen and oxygen atoms in total. The first kappa shape index (κ1) is 18.3. The number of amides is 1. The average Bonchev–Trinajstić information content (AvgIpc) is 3.11. The van der Waals surface area contributed by atoms with Crippen molar-refractivity contribution in [2.24, 2.45) is 0 Å². The fraction of sp³-hybridized carbons (Fsp3) is 0.409. The van der Waals surface area contributed by atoms with E-state index < -0.39 is 0 Å². The Balaban J connectivity index is 1.84. The highest BCUT2D eigenvalue weighted by Crippen LogP contribution is 2.35. The van der Waals surface area contributed by atoms with Crippen LogP contribution in [-0.4, -0.2) is 30.6 Å². The Hall–Kier alpha value is -2.49. The van der Waals surface area contributed by atoms with Crippen molar-refractivity contribution in [3.8, 4) is 11.5 Å². The summed E-state index contributed by atoms with van der Waals surface area (Å²) in [6.45, 7) is 6.79. The van der Waals surface area contributed by atoms with Crippen molar-refractivity contribution in [3.63, 3.8) is 0 Å². The van der Waals surface area contributed by atoms with E-state index in [-0.39, 0.29) is 18.1 Å². The van der Waals surface area contributed by atoms with Crippen molar-refractivity contribution in [1.29, 1.82) is 0 Å². The lowest BCUT2D eigenvalue weighted by Crippen LogP contribution is -2.30. The molecular weight excluding hydrogens is 326 g/mol. The summed E-state index contributed by atoms with van der Waals surface area (Å²) in [7, 11) is 1.60. The quantitative estimate of drug-likeness (QED) is 0.777. The highest BCUT2D eigenvalue weighted by Gasteiger charge is 2.31. The van der Waals surface area contributed by atoms with E-state index in [4.69, 9.17) is 9.47 Å². The molecule has 0 aliphatic carbocycles. The third-order valence-electron chi connectivity index (χ3n) is 4.75. The molecular formula is C22H27NO3. The van der Waals surface area contributed by atoms with Crippen molar-refractivity contribution in [3.05, 3.63) is 59.2 Å². The van der Waals surface area contributed by atoms with Crippen LogP contribution in [0.25, 0.3) is 0 Å². The van der Waals surface area contributed by atoms with Crippen molar-refractivity contribution < 1.29 is 14.3 Å². The number of benzene rings is 2. The fourth-order valence-corrected chi connectivity index (χ4v) is 3.46. The summed E-state index contributed by atoms with van der Waals surface area (Å²) in [6, 6.07) is 14.0. The summed E-state index contributed by atoms with van der Waals surface area (Å²) in [5, 5.41) is 0. The number of hydrogen-bond acceptors (Lipinski definition) is 3. The molecule has 3 rings (SSSR count). The highest BCUT2D eigenvalue weighted by atomic mass is 16.5. The van der Waals surface area contributed by atoms with Crippen molar-refractivity contribution in [2.45, 2.75) is 45.8 Å². The molecule has 1 unspecified atom stereocenters. The Morgan fingerprint density at radius 3 is 2.50 bits per heavy atom. The molecule has 138 valence electrons. The predicted octanol–water partition coefficient (Wildman–Crippen LogP) is 4.77. The van der Waals surface area contributed by atoms with Gasteiger partial charge in [-0.05, 0) is 57.4 Å². The molecule has 1 aliphatic rings. The third kappa shape index (κ3) is 3.85. The van der Waals surface area contributed by atoms with E-state index in [0.29, 0.717) is 17.1 Å². The topological polar surface area (TPSA) is 38.8 Å². The number of hydrogen-bond donors (Lipinski definition) is 0. The number of carbonyl (C=O) groups is 1. The zero-order valence-corrected chi connectivity index (χ0v) is 16.0. The van der Waals surface area contributed by atoms with Crippen LogP contribution in [0.4, 0.5) is 0 Å². The molecule has 2 aromatic carbocycles. The Kier molecular flexibility index (Phi) is 5.50. The molecule has 0 saturated carbocycles. The SMILES string of the molecule is COc1cc(C(=O)N2CCCC2c2ccc(C)cc2)ccc1OC(C)C. The van der Waals surface area contributed by atoms with E-state index in [1.54, 1.807) is 13.2 Å². The van der Waals surface area contributed by atoms with Crippen LogP contribution in [0.2, 0.25) is 0 Å². The van der Waals surface area contributed by atoms with Crippen LogP contribution < -0.4 is 9.47 Å². The standard InChI is InChI=1S/C22H27NO3/c1-15(2)26-20-12-11-18(14-21(20)25-4)22(24)23-13-5-6-19(23)17-9-7-16(3)8-10-17/h7-12,14-15,19H,5-6,13H2,1-4H3. The molecule has 1 atom stereocenters. The molecule has 1 amide bonds. The van der Waals surface area contributed by atoms with E-state index in [1.807, 2.05) is 30.9 Å². The second kappa shape index (κ2) is 7.81. The van der Waals surface area contributed by atoms with Crippen molar-refractivity contribution >= 4 is 5.91 Å². The summed E-state index contributed by atoms with van der Waals surface area (Å²) < 4.78 is 11.2. The Morgan fingerprint density at radius 2 is 1.85 bits per heavy atom. The van der Waals surface area contributed by atoms with E-state index in [2.05, 4.69) is 31.2 Å². The minimum atomic E-state index is 0.0440. The van der Waals surface area contributed by atoms with Gasteiger partial charge in [-0.25, -0.2) is 0 Å². The molecule has 0 aromatic heterocycles. The molecule has 1 heterocycles. The molecule has 1 aliphatic heterocycles. The van der Waals surface area contributed by atoms with Crippen molar-refractivity contribution in [2.75, 3.05) is 13.7 Å². The lowest BCUT2D eigenvalue weighted by molar-refractivity contribution is 0.0735. The highest BCUT2D eigenvalue weighted by molar-refractivity contribution is 5.95. The molecule has 2 aromatic rings. The smallest absolute Gasteiger partial charge is 0.254 e. The number of ether oxygens (including phenoxy) is 2. The third-order valence-corrected chi connectivity index (χ3v) is 4.75. The molecule has 26 heavy (non-hydrogen) atoms. The first-order valence-corrected chi connectivity index (χ1v) is 9.22. The Morgan fingerprint density at radius 1 is 1.12 bits per heavy atom. The second-order valence-electron chi connectivity index (χ2n) is 7.10. The zero-order chi connectivity index (χ0) is 18.7. The van der Waals surface area contributed by atoms with Crippen LogP contribution in [0.15, 0.2) is 42.5 Å². The number of likely N-dealkylation sites (tertiary alicyclic amines) is 1. The van der Waals surface area contributed by atoms with Gasteiger partial charge in [-0.1, -0.05) is 29.8 Å². The lowest BCUT2D eigenvalue weighted by Gasteiger charge is -2.26. The zero-order valence-electron chi connectivity index (χ0n) is 16.0. The molecule has 0 N–H and O–H groups in total. The van der Waals surface area contributed by atoms with Gasteiger partial charge in [0.05, 0.1) is 19.3 Å². The van der Waals surface area contributed by atoms with Gasteiger partial charge in [0.15, 0.2) is 11.5 Å². The fourth-order valence-electron chi connectivity index (χ4n) is 3.46. The van der Waals surface area contributed by atoms with Gasteiger partial charge in [0.2, 0.25) is 0 Å². The Bertz CT molecular complexity index is 767. The van der Waals surface area contributed by atoms with Crippen LogP contribution in [0.1, 0.15) is 54.2 Å². The number of rotatable bonds is 5. The summed E-state index contributed by atoms with van der Waals surface area (Å²) in [4.78, 5) is 15.1. The summed E-state index contributed by atoms with van der Waals surface area (Å²) in [6.07, 6.45) is 2.08. The summed E-state index contributed by atoms with van der Waals surface area (Å²) in [5.74, 6) is 1.30. The predicted molar refractivity (Wildman–Crippen MR) is 103 cm³/mol. The molecule has 1 saturated heterocycles. The van der Waals surface area contributed by atoms with Crippen LogP contribution in [-0.2, 0) is 0 Å². The number of methoxy groups -OCH3 is 1. The van der Waals surface area contributed by atoms with E-state index >= 15 is 0 Å². The van der Waals surface area contributed by atoms with Gasteiger partial charge in [0.1, 0.15) is 0 Å². The second-order valence-corrected chi connectivity index (χ2v) is 7.10. The van der Waals surface area contributed by atoms with Crippen molar-refractivity contribution in [1.82, 2.24) is 4.90 Å². The van der Waals surface area contributed by atoms with E-state index in [9.17, 15) is 4.79 Å². The summed E-state index contributed by atoms with van der Waals surface area (Å²) >= 11 is 0. The maximum Gasteiger partial charge on any atom is 0.254 e. The van der Waals surface area contributed by atoms with Crippen LogP contribution in [0.3, 0.4) is 0 Å². The van der Waals surface area contributed by atoms with E-state index in [1.165, 1.54) is 11.1 Å². The molecule has 1 fully saturated rings. The van der Waals surface area contributed by atoms with Gasteiger partial charge >= 0.3 is 0 Å². The first-order valence-electron chi connectivity index (χ1n) is 9.22. The number of nitrogens with zero attached hydrogens (tertiary/aromatic N) is 1. The Labute approximate surface area is 155 Å². The first-order chi connectivity index (χ1) is 12.5. The van der Waals surface area contributed by atoms with Gasteiger partial charge in [0.25, 0.3) is 5.91 Å². The van der Waals surface area contributed by atoms with Gasteiger partial charge < -0.3 is 14.4 Å².